The van der Waals surface area contributed by atoms with Crippen LogP contribution < -0.4 is 0 Å². The van der Waals surface area contributed by atoms with Crippen molar-refractivity contribution >= 4 is 21.1 Å². The van der Waals surface area contributed by atoms with Crippen LogP contribution in [0.25, 0.3) is 11.0 Å². The van der Waals surface area contributed by atoms with E-state index >= 15 is 0 Å². The Labute approximate surface area is 170 Å². The molecule has 1 saturated heterocycles. The van der Waals surface area contributed by atoms with E-state index in [0.29, 0.717) is 17.1 Å². The van der Waals surface area contributed by atoms with Crippen LogP contribution in [0.15, 0.2) is 47.4 Å². The lowest BCUT2D eigenvalue weighted by atomic mass is 10.3. The number of nitrogens with zero attached hydrogens (tertiary/aromatic N) is 4. The third kappa shape index (κ3) is 3.80. The molecule has 0 amide bonds. The smallest absolute Gasteiger partial charge is 0.293 e. The normalized spacial score (nSPS) is 16.6. The quantitative estimate of drug-likeness (QED) is 0.570. The topological polar surface area (TPSA) is 58.4 Å². The maximum Gasteiger partial charge on any atom is 0.320 e. The Bertz CT molecular complexity index is 1170. The summed E-state index contributed by atoms with van der Waals surface area (Å²) in [4.78, 5) is 5.51. The lowest BCUT2D eigenvalue weighted by Crippen LogP contribution is -2.48. The lowest BCUT2D eigenvalue weighted by molar-refractivity contribution is 0.0670. The number of para-hydroxylation sites is 2. The van der Waals surface area contributed by atoms with E-state index in [1.165, 1.54) is 0 Å². The summed E-state index contributed by atoms with van der Waals surface area (Å²) in [5, 5.41) is 0. The van der Waals surface area contributed by atoms with Crippen molar-refractivity contribution in [2.45, 2.75) is 18.0 Å². The maximum atomic E-state index is 13.9. The second kappa shape index (κ2) is 7.97. The summed E-state index contributed by atoms with van der Waals surface area (Å²) in [6, 6.07) is 8.91. The van der Waals surface area contributed by atoms with Gasteiger partial charge in [-0.1, -0.05) is 12.1 Å². The molecule has 6 nitrogen and oxygen atoms in total. The molecule has 30 heavy (non-hydrogen) atoms. The van der Waals surface area contributed by atoms with Crippen molar-refractivity contribution in [2.24, 2.45) is 0 Å². The highest BCUT2D eigenvalue weighted by molar-refractivity contribution is 7.89. The maximum absolute atomic E-state index is 13.9. The van der Waals surface area contributed by atoms with E-state index in [-0.39, 0.29) is 38.5 Å². The Kier molecular flexibility index (Phi) is 5.51. The van der Waals surface area contributed by atoms with Gasteiger partial charge < -0.3 is 0 Å². The van der Waals surface area contributed by atoms with Crippen molar-refractivity contribution in [3.63, 3.8) is 0 Å². The van der Waals surface area contributed by atoms with Crippen molar-refractivity contribution in [3.8, 4) is 0 Å². The van der Waals surface area contributed by atoms with Gasteiger partial charge in [0.15, 0.2) is 0 Å². The van der Waals surface area contributed by atoms with Crippen molar-refractivity contribution in [1.29, 1.82) is 0 Å². The molecular weight excluding hydrogens is 424 g/mol. The van der Waals surface area contributed by atoms with Crippen LogP contribution in [-0.4, -0.2) is 53.4 Å². The summed E-state index contributed by atoms with van der Waals surface area (Å²) in [7, 11) is -4.12. The standard InChI is InChI=1S/C19H18F4N4O2S/c20-13-5-6-17(14(21)11-13)30(28,29)26-9-7-25(8-10-26)12-18-24-15-3-1-2-4-16(15)27(18)19(22)23/h1-6,11,19H,7-10,12H2. The summed E-state index contributed by atoms with van der Waals surface area (Å²) in [6.45, 7) is -2.02. The number of hydrogen-bond acceptors (Lipinski definition) is 4. The second-order valence-electron chi connectivity index (χ2n) is 6.92. The molecule has 11 heteroatoms. The third-order valence-corrected chi connectivity index (χ3v) is 7.00. The highest BCUT2D eigenvalue weighted by Gasteiger charge is 2.31. The minimum atomic E-state index is -4.12. The summed E-state index contributed by atoms with van der Waals surface area (Å²) < 4.78 is 81.5. The fourth-order valence-corrected chi connectivity index (χ4v) is 5.04. The number of benzene rings is 2. The Hall–Kier alpha value is -2.50. The van der Waals surface area contributed by atoms with E-state index in [9.17, 15) is 26.0 Å². The Morgan fingerprint density at radius 2 is 1.70 bits per heavy atom. The summed E-state index contributed by atoms with van der Waals surface area (Å²) in [5.74, 6) is -1.83. The predicted octanol–water partition coefficient (Wildman–Crippen LogP) is 3.22. The van der Waals surface area contributed by atoms with Crippen molar-refractivity contribution in [1.82, 2.24) is 18.8 Å². The van der Waals surface area contributed by atoms with E-state index in [1.54, 1.807) is 24.3 Å². The predicted molar refractivity (Wildman–Crippen MR) is 101 cm³/mol. The second-order valence-corrected chi connectivity index (χ2v) is 8.83. The van der Waals surface area contributed by atoms with Crippen LogP contribution in [0.5, 0.6) is 0 Å². The van der Waals surface area contributed by atoms with Crippen LogP contribution in [0.4, 0.5) is 17.6 Å². The average molecular weight is 442 g/mol. The van der Waals surface area contributed by atoms with E-state index in [2.05, 4.69) is 4.98 Å². The molecule has 0 saturated carbocycles. The van der Waals surface area contributed by atoms with Gasteiger partial charge in [-0.25, -0.2) is 22.2 Å². The SMILES string of the molecule is O=S(=O)(c1ccc(F)cc1F)N1CCN(Cc2nc3ccccc3n2C(F)F)CC1. The first-order valence-electron chi connectivity index (χ1n) is 9.19. The fraction of sp³-hybridized carbons (Fsp3) is 0.316. The summed E-state index contributed by atoms with van der Waals surface area (Å²) in [6.07, 6.45) is 0. The summed E-state index contributed by atoms with van der Waals surface area (Å²) in [5.41, 5.74) is 0.788. The first kappa shape index (κ1) is 20.8. The van der Waals surface area contributed by atoms with Gasteiger partial charge in [0.05, 0.1) is 17.6 Å². The molecule has 4 rings (SSSR count). The zero-order valence-electron chi connectivity index (χ0n) is 15.7. The minimum Gasteiger partial charge on any atom is -0.293 e. The molecule has 0 atom stereocenters. The van der Waals surface area contributed by atoms with Crippen LogP contribution in [0, 0.1) is 11.6 Å². The van der Waals surface area contributed by atoms with Gasteiger partial charge in [0, 0.05) is 32.2 Å². The molecule has 0 bridgehead atoms. The van der Waals surface area contributed by atoms with Crippen LogP contribution >= 0.6 is 0 Å². The number of halogens is 4. The van der Waals surface area contributed by atoms with Gasteiger partial charge in [0.1, 0.15) is 22.4 Å². The van der Waals surface area contributed by atoms with Crippen LogP contribution in [-0.2, 0) is 16.6 Å². The van der Waals surface area contributed by atoms with E-state index < -0.39 is 33.1 Å². The Balaban J connectivity index is 1.49. The lowest BCUT2D eigenvalue weighted by Gasteiger charge is -2.33. The van der Waals surface area contributed by atoms with E-state index in [0.717, 1.165) is 21.0 Å². The van der Waals surface area contributed by atoms with Crippen molar-refractivity contribution < 1.29 is 26.0 Å². The van der Waals surface area contributed by atoms with Crippen LogP contribution in [0.3, 0.4) is 0 Å². The number of alkyl halides is 2. The molecule has 2 aromatic carbocycles. The Morgan fingerprint density at radius 1 is 1.00 bits per heavy atom. The summed E-state index contributed by atoms with van der Waals surface area (Å²) >= 11 is 0. The molecule has 0 spiro atoms. The van der Waals surface area contributed by atoms with Gasteiger partial charge in [-0.05, 0) is 24.3 Å². The van der Waals surface area contributed by atoms with Crippen LogP contribution in [0.1, 0.15) is 12.4 Å². The monoisotopic (exact) mass is 442 g/mol. The average Bonchev–Trinajstić information content (AvgIpc) is 3.06. The number of rotatable bonds is 5. The largest absolute Gasteiger partial charge is 0.320 e. The number of aromatic nitrogens is 2. The minimum absolute atomic E-state index is 0.0497. The first-order valence-corrected chi connectivity index (χ1v) is 10.6. The van der Waals surface area contributed by atoms with Gasteiger partial charge >= 0.3 is 6.55 Å². The molecule has 0 aliphatic carbocycles. The van der Waals surface area contributed by atoms with Crippen LogP contribution in [0.2, 0.25) is 0 Å². The highest BCUT2D eigenvalue weighted by Crippen LogP contribution is 2.25. The van der Waals surface area contributed by atoms with Crippen molar-refractivity contribution in [2.75, 3.05) is 26.2 Å². The zero-order chi connectivity index (χ0) is 21.5. The highest BCUT2D eigenvalue weighted by atomic mass is 32.2. The molecule has 0 radical (unpaired) electrons. The Morgan fingerprint density at radius 3 is 2.37 bits per heavy atom. The number of hydrogen-bond donors (Lipinski definition) is 0. The molecule has 1 aliphatic heterocycles. The number of fused-ring (bicyclic) bond motifs is 1. The zero-order valence-corrected chi connectivity index (χ0v) is 16.5. The molecule has 3 aromatic rings. The van der Waals surface area contributed by atoms with Gasteiger partial charge in [0.25, 0.3) is 0 Å². The van der Waals surface area contributed by atoms with E-state index in [1.807, 2.05) is 4.90 Å². The molecule has 1 aromatic heterocycles. The molecule has 2 heterocycles. The third-order valence-electron chi connectivity index (χ3n) is 5.07. The van der Waals surface area contributed by atoms with Gasteiger partial charge in [-0.2, -0.15) is 13.1 Å². The molecule has 1 fully saturated rings. The molecule has 1 aliphatic rings. The van der Waals surface area contributed by atoms with Gasteiger partial charge in [-0.15, -0.1) is 0 Å². The number of sulfonamides is 1. The molecular formula is C19H18F4N4O2S. The number of imidazole rings is 1. The fourth-order valence-electron chi connectivity index (χ4n) is 3.58. The first-order chi connectivity index (χ1) is 14.3. The number of piperazine rings is 1. The van der Waals surface area contributed by atoms with Gasteiger partial charge in [0.2, 0.25) is 10.0 Å². The molecule has 0 N–H and O–H groups in total. The van der Waals surface area contributed by atoms with Crippen molar-refractivity contribution in [3.05, 3.63) is 59.9 Å². The van der Waals surface area contributed by atoms with Gasteiger partial charge in [-0.3, -0.25) is 9.47 Å². The molecule has 160 valence electrons. The van der Waals surface area contributed by atoms with E-state index in [4.69, 9.17) is 0 Å². The molecule has 0 unspecified atom stereocenters.